The van der Waals surface area contributed by atoms with Gasteiger partial charge >= 0.3 is 0 Å². The third-order valence-corrected chi connectivity index (χ3v) is 5.72. The van der Waals surface area contributed by atoms with Crippen LogP contribution in [0.3, 0.4) is 0 Å². The quantitative estimate of drug-likeness (QED) is 0.667. The van der Waals surface area contributed by atoms with Gasteiger partial charge in [0.15, 0.2) is 4.96 Å². The third-order valence-electron chi connectivity index (χ3n) is 4.77. The standard InChI is InChI=1S/C20H22N4O3S/c1-13-12-28-20-23-14(9-18(25)24(13)20)10-21-17-7-3-2-6-16(17)19(26)22-11-15-5-4-8-27-15/h2-3,6-7,9,12,15,21H,4-5,8,10-11H2,1H3,(H,22,26). The second-order valence-corrected chi connectivity index (χ2v) is 7.66. The van der Waals surface area contributed by atoms with Crippen LogP contribution in [0.25, 0.3) is 4.96 Å². The first-order valence-electron chi connectivity index (χ1n) is 9.31. The molecule has 1 fully saturated rings. The molecule has 1 saturated heterocycles. The highest BCUT2D eigenvalue weighted by molar-refractivity contribution is 7.15. The predicted octanol–water partition coefficient (Wildman–Crippen LogP) is 2.59. The molecule has 3 aromatic rings. The van der Waals surface area contributed by atoms with E-state index in [1.165, 1.54) is 17.4 Å². The van der Waals surface area contributed by atoms with Gasteiger partial charge < -0.3 is 15.4 Å². The molecule has 1 unspecified atom stereocenters. The summed E-state index contributed by atoms with van der Waals surface area (Å²) in [7, 11) is 0. The summed E-state index contributed by atoms with van der Waals surface area (Å²) in [6, 6.07) is 8.85. The van der Waals surface area contributed by atoms with Crippen molar-refractivity contribution in [1.29, 1.82) is 0 Å². The number of ether oxygens (including phenoxy) is 1. The molecule has 0 aliphatic carbocycles. The minimum absolute atomic E-state index is 0.0943. The summed E-state index contributed by atoms with van der Waals surface area (Å²) < 4.78 is 7.15. The first kappa shape index (κ1) is 18.6. The van der Waals surface area contributed by atoms with Crippen molar-refractivity contribution < 1.29 is 9.53 Å². The van der Waals surface area contributed by atoms with E-state index in [1.807, 2.05) is 30.5 Å². The summed E-state index contributed by atoms with van der Waals surface area (Å²) >= 11 is 1.44. The molecule has 1 aliphatic heterocycles. The fraction of sp³-hybridized carbons (Fsp3) is 0.350. The number of hydrogen-bond donors (Lipinski definition) is 2. The maximum atomic E-state index is 12.6. The molecule has 8 heteroatoms. The Bertz CT molecular complexity index is 1050. The Hall–Kier alpha value is -2.71. The predicted molar refractivity (Wildman–Crippen MR) is 109 cm³/mol. The Balaban J connectivity index is 1.46. The molecule has 0 spiro atoms. The zero-order valence-electron chi connectivity index (χ0n) is 15.6. The minimum atomic E-state index is -0.143. The summed E-state index contributed by atoms with van der Waals surface area (Å²) in [6.45, 7) is 3.52. The summed E-state index contributed by atoms with van der Waals surface area (Å²) in [5.41, 5.74) is 2.69. The van der Waals surface area contributed by atoms with Crippen molar-refractivity contribution in [2.24, 2.45) is 0 Å². The molecule has 146 valence electrons. The van der Waals surface area contributed by atoms with Crippen molar-refractivity contribution in [2.75, 3.05) is 18.5 Å². The smallest absolute Gasteiger partial charge is 0.259 e. The number of fused-ring (bicyclic) bond motifs is 1. The molecule has 2 N–H and O–H groups in total. The van der Waals surface area contributed by atoms with Crippen LogP contribution >= 0.6 is 11.3 Å². The highest BCUT2D eigenvalue weighted by Gasteiger charge is 2.18. The molecule has 1 aliphatic rings. The van der Waals surface area contributed by atoms with E-state index < -0.39 is 0 Å². The lowest BCUT2D eigenvalue weighted by atomic mass is 10.1. The number of nitrogens with one attached hydrogen (secondary N) is 2. The van der Waals surface area contributed by atoms with E-state index in [4.69, 9.17) is 4.74 Å². The number of carbonyl (C=O) groups is 1. The Morgan fingerprint density at radius 2 is 2.25 bits per heavy atom. The highest BCUT2D eigenvalue weighted by Crippen LogP contribution is 2.17. The number of thiazole rings is 1. The fourth-order valence-electron chi connectivity index (χ4n) is 3.32. The van der Waals surface area contributed by atoms with Gasteiger partial charge in [-0.05, 0) is 31.9 Å². The van der Waals surface area contributed by atoms with E-state index in [9.17, 15) is 9.59 Å². The third kappa shape index (κ3) is 3.93. The second-order valence-electron chi connectivity index (χ2n) is 6.82. The number of hydrogen-bond acceptors (Lipinski definition) is 6. The number of anilines is 1. The molecule has 2 aromatic heterocycles. The fourth-order valence-corrected chi connectivity index (χ4v) is 4.21. The number of amides is 1. The molecule has 0 bridgehead atoms. The van der Waals surface area contributed by atoms with E-state index >= 15 is 0 Å². The maximum Gasteiger partial charge on any atom is 0.259 e. The molecular weight excluding hydrogens is 376 g/mol. The molecule has 4 rings (SSSR count). The largest absolute Gasteiger partial charge is 0.379 e. The SMILES string of the molecule is Cc1csc2nc(CNc3ccccc3C(=O)NCC3CCCO3)cc(=O)n12. The van der Waals surface area contributed by atoms with E-state index in [1.54, 1.807) is 10.5 Å². The lowest BCUT2D eigenvalue weighted by Gasteiger charge is -2.14. The number of aryl methyl sites for hydroxylation is 1. The first-order valence-corrected chi connectivity index (χ1v) is 10.2. The lowest BCUT2D eigenvalue weighted by Crippen LogP contribution is -2.32. The van der Waals surface area contributed by atoms with Crippen molar-refractivity contribution in [3.8, 4) is 0 Å². The van der Waals surface area contributed by atoms with Crippen molar-refractivity contribution in [1.82, 2.24) is 14.7 Å². The number of rotatable bonds is 6. The Kier molecular flexibility index (Phi) is 5.40. The molecule has 3 heterocycles. The Morgan fingerprint density at radius 1 is 1.39 bits per heavy atom. The van der Waals surface area contributed by atoms with Crippen LogP contribution in [0.5, 0.6) is 0 Å². The second kappa shape index (κ2) is 8.12. The summed E-state index contributed by atoms with van der Waals surface area (Å²) in [4.78, 5) is 30.1. The number of aromatic nitrogens is 2. The van der Waals surface area contributed by atoms with Crippen molar-refractivity contribution in [2.45, 2.75) is 32.4 Å². The van der Waals surface area contributed by atoms with Crippen LogP contribution in [-0.2, 0) is 11.3 Å². The van der Waals surface area contributed by atoms with Crippen LogP contribution in [0, 0.1) is 6.92 Å². The molecule has 1 atom stereocenters. The molecule has 1 aromatic carbocycles. The number of para-hydroxylation sites is 1. The van der Waals surface area contributed by atoms with Crippen molar-refractivity contribution >= 4 is 27.9 Å². The monoisotopic (exact) mass is 398 g/mol. The van der Waals surface area contributed by atoms with Crippen LogP contribution in [0.1, 0.15) is 34.6 Å². The van der Waals surface area contributed by atoms with Crippen LogP contribution in [0.4, 0.5) is 5.69 Å². The molecule has 28 heavy (non-hydrogen) atoms. The average Bonchev–Trinajstić information content (AvgIpc) is 3.35. The normalized spacial score (nSPS) is 16.4. The van der Waals surface area contributed by atoms with Gasteiger partial charge in [-0.2, -0.15) is 0 Å². The highest BCUT2D eigenvalue weighted by atomic mass is 32.1. The molecule has 0 saturated carbocycles. The van der Waals surface area contributed by atoms with E-state index in [-0.39, 0.29) is 17.6 Å². The Labute approximate surface area is 166 Å². The topological polar surface area (TPSA) is 84.7 Å². The average molecular weight is 398 g/mol. The number of nitrogens with zero attached hydrogens (tertiary/aromatic N) is 2. The zero-order valence-corrected chi connectivity index (χ0v) is 16.4. The van der Waals surface area contributed by atoms with Gasteiger partial charge in [-0.25, -0.2) is 4.98 Å². The van der Waals surface area contributed by atoms with Crippen molar-refractivity contribution in [3.63, 3.8) is 0 Å². The zero-order chi connectivity index (χ0) is 19.5. The Morgan fingerprint density at radius 3 is 3.07 bits per heavy atom. The minimum Gasteiger partial charge on any atom is -0.379 e. The van der Waals surface area contributed by atoms with Gasteiger partial charge in [-0.1, -0.05) is 12.1 Å². The molecule has 7 nitrogen and oxygen atoms in total. The van der Waals surface area contributed by atoms with Crippen LogP contribution in [-0.4, -0.2) is 34.5 Å². The summed E-state index contributed by atoms with van der Waals surface area (Å²) in [5.74, 6) is -0.143. The van der Waals surface area contributed by atoms with Crippen molar-refractivity contribution in [3.05, 3.63) is 63.0 Å². The van der Waals surface area contributed by atoms with Gasteiger partial charge in [0.25, 0.3) is 11.5 Å². The summed E-state index contributed by atoms with van der Waals surface area (Å²) in [6.07, 6.45) is 2.12. The number of benzene rings is 1. The van der Waals surface area contributed by atoms with E-state index in [0.717, 1.165) is 25.1 Å². The lowest BCUT2D eigenvalue weighted by molar-refractivity contribution is 0.0858. The molecular formula is C20H22N4O3S. The van der Waals surface area contributed by atoms with Crippen LogP contribution < -0.4 is 16.2 Å². The van der Waals surface area contributed by atoms with Gasteiger partial charge in [0.1, 0.15) is 0 Å². The number of carbonyl (C=O) groups excluding carboxylic acids is 1. The maximum absolute atomic E-state index is 12.6. The van der Waals surface area contributed by atoms with Gasteiger partial charge in [0, 0.05) is 36.0 Å². The molecule has 1 amide bonds. The summed E-state index contributed by atoms with van der Waals surface area (Å²) in [5, 5.41) is 8.09. The van der Waals surface area contributed by atoms with Crippen LogP contribution in [0.15, 0.2) is 40.5 Å². The van der Waals surface area contributed by atoms with Gasteiger partial charge in [0.05, 0.1) is 23.9 Å². The van der Waals surface area contributed by atoms with Gasteiger partial charge in [-0.3, -0.25) is 14.0 Å². The molecule has 0 radical (unpaired) electrons. The van der Waals surface area contributed by atoms with E-state index in [0.29, 0.717) is 35.0 Å². The van der Waals surface area contributed by atoms with E-state index in [2.05, 4.69) is 15.6 Å². The van der Waals surface area contributed by atoms with Gasteiger partial charge in [0.2, 0.25) is 0 Å². The van der Waals surface area contributed by atoms with Gasteiger partial charge in [-0.15, -0.1) is 11.3 Å². The van der Waals surface area contributed by atoms with Crippen LogP contribution in [0.2, 0.25) is 0 Å². The first-order chi connectivity index (χ1) is 13.6.